The van der Waals surface area contributed by atoms with E-state index < -0.39 is 0 Å². The van der Waals surface area contributed by atoms with Crippen LogP contribution in [-0.4, -0.2) is 74.2 Å². The number of nitrogens with zero attached hydrogens (tertiary/aromatic N) is 5. The summed E-state index contributed by atoms with van der Waals surface area (Å²) in [7, 11) is 3.81. The maximum absolute atomic E-state index is 12.9. The Morgan fingerprint density at radius 3 is 2.41 bits per heavy atom. The second-order valence-electron chi connectivity index (χ2n) is 8.79. The van der Waals surface area contributed by atoms with Gasteiger partial charge in [0.1, 0.15) is 12.1 Å². The number of anilines is 2. The van der Waals surface area contributed by atoms with Gasteiger partial charge in [-0.1, -0.05) is 12.1 Å². The van der Waals surface area contributed by atoms with E-state index in [0.717, 1.165) is 74.9 Å². The van der Waals surface area contributed by atoms with Gasteiger partial charge < -0.3 is 24.8 Å². The van der Waals surface area contributed by atoms with Crippen LogP contribution in [0.4, 0.5) is 11.5 Å². The van der Waals surface area contributed by atoms with Gasteiger partial charge >= 0.3 is 0 Å². The molecule has 8 nitrogen and oxygen atoms in total. The average Bonchev–Trinajstić information content (AvgIpc) is 2.84. The zero-order chi connectivity index (χ0) is 22.5. The van der Waals surface area contributed by atoms with E-state index in [9.17, 15) is 4.79 Å². The van der Waals surface area contributed by atoms with Crippen molar-refractivity contribution in [1.29, 1.82) is 0 Å². The molecule has 2 saturated heterocycles. The Morgan fingerprint density at radius 1 is 1.06 bits per heavy atom. The molecule has 0 radical (unpaired) electrons. The standard InChI is InChI=1S/C24H34N6O2/c1-18(19-4-6-21(32-3)7-5-19)27-24(31)20-8-10-29(11-9-20)22-16-25-17-26-23(22)30-14-12-28(2)13-15-30/h4-7,16-18,20H,8-15H2,1-3H3,(H,27,31)/t18-/m1/s1. The van der Waals surface area contributed by atoms with Crippen molar-refractivity contribution in [2.75, 3.05) is 63.2 Å². The predicted octanol–water partition coefficient (Wildman–Crippen LogP) is 2.33. The van der Waals surface area contributed by atoms with Gasteiger partial charge in [-0.2, -0.15) is 0 Å². The molecule has 0 bridgehead atoms. The number of rotatable bonds is 6. The summed E-state index contributed by atoms with van der Waals surface area (Å²) in [6.45, 7) is 7.73. The molecule has 8 heteroatoms. The molecule has 2 aromatic rings. The second-order valence-corrected chi connectivity index (χ2v) is 8.79. The van der Waals surface area contributed by atoms with Crippen molar-refractivity contribution in [2.24, 2.45) is 5.92 Å². The minimum Gasteiger partial charge on any atom is -0.497 e. The van der Waals surface area contributed by atoms with Crippen molar-refractivity contribution in [1.82, 2.24) is 20.2 Å². The molecule has 0 aliphatic carbocycles. The molecule has 1 atom stereocenters. The van der Waals surface area contributed by atoms with Gasteiger partial charge in [0.25, 0.3) is 0 Å². The summed E-state index contributed by atoms with van der Waals surface area (Å²) in [6, 6.07) is 7.83. The molecule has 0 saturated carbocycles. The minimum absolute atomic E-state index is 0.0298. The van der Waals surface area contributed by atoms with Crippen LogP contribution >= 0.6 is 0 Å². The third kappa shape index (κ3) is 5.12. The van der Waals surface area contributed by atoms with Gasteiger partial charge in [0.05, 0.1) is 25.0 Å². The monoisotopic (exact) mass is 438 g/mol. The number of benzene rings is 1. The fraction of sp³-hybridized carbons (Fsp3) is 0.542. The minimum atomic E-state index is -0.0298. The van der Waals surface area contributed by atoms with E-state index >= 15 is 0 Å². The van der Waals surface area contributed by atoms with Crippen LogP contribution in [0.25, 0.3) is 0 Å². The highest BCUT2D eigenvalue weighted by Crippen LogP contribution is 2.31. The number of nitrogens with one attached hydrogen (secondary N) is 1. The summed E-state index contributed by atoms with van der Waals surface area (Å²) in [5.74, 6) is 2.00. The fourth-order valence-corrected chi connectivity index (χ4v) is 4.49. The number of carbonyl (C=O) groups is 1. The number of likely N-dealkylation sites (N-methyl/N-ethyl adjacent to an activating group) is 1. The summed E-state index contributed by atoms with van der Waals surface area (Å²) in [5.41, 5.74) is 2.16. The van der Waals surface area contributed by atoms with E-state index in [2.05, 4.69) is 37.0 Å². The second kappa shape index (κ2) is 10.2. The summed E-state index contributed by atoms with van der Waals surface area (Å²) < 4.78 is 5.22. The first-order valence-electron chi connectivity index (χ1n) is 11.5. The number of methoxy groups -OCH3 is 1. The van der Waals surface area contributed by atoms with E-state index in [1.807, 2.05) is 37.4 Å². The zero-order valence-corrected chi connectivity index (χ0v) is 19.3. The Hall–Kier alpha value is -2.87. The number of piperazine rings is 1. The van der Waals surface area contributed by atoms with Crippen molar-refractivity contribution in [3.8, 4) is 5.75 Å². The van der Waals surface area contributed by atoms with Gasteiger partial charge in [-0.3, -0.25) is 4.79 Å². The van der Waals surface area contributed by atoms with E-state index in [0.29, 0.717) is 0 Å². The quantitative estimate of drug-likeness (QED) is 0.742. The normalized spacial score (nSPS) is 19.0. The highest BCUT2D eigenvalue weighted by molar-refractivity contribution is 5.79. The number of carbonyl (C=O) groups excluding carboxylic acids is 1. The van der Waals surface area contributed by atoms with Crippen LogP contribution in [0.5, 0.6) is 5.75 Å². The molecule has 3 heterocycles. The van der Waals surface area contributed by atoms with Crippen molar-refractivity contribution < 1.29 is 9.53 Å². The molecule has 1 aromatic heterocycles. The molecule has 4 rings (SSSR count). The molecule has 32 heavy (non-hydrogen) atoms. The Labute approximate surface area is 190 Å². The van der Waals surface area contributed by atoms with Gasteiger partial charge in [0, 0.05) is 45.2 Å². The fourth-order valence-electron chi connectivity index (χ4n) is 4.49. The first-order chi connectivity index (χ1) is 15.5. The lowest BCUT2D eigenvalue weighted by Crippen LogP contribution is -2.46. The first kappa shape index (κ1) is 22.3. The van der Waals surface area contributed by atoms with Crippen LogP contribution in [0.1, 0.15) is 31.4 Å². The number of hydrogen-bond donors (Lipinski definition) is 1. The number of piperidine rings is 1. The molecule has 1 amide bonds. The van der Waals surface area contributed by atoms with Gasteiger partial charge in [-0.15, -0.1) is 0 Å². The molecular formula is C24H34N6O2. The topological polar surface area (TPSA) is 73.8 Å². The number of aromatic nitrogens is 2. The Kier molecular flexibility index (Phi) is 7.09. The smallest absolute Gasteiger partial charge is 0.223 e. The van der Waals surface area contributed by atoms with Crippen molar-refractivity contribution in [3.05, 3.63) is 42.4 Å². The van der Waals surface area contributed by atoms with Crippen LogP contribution in [0.2, 0.25) is 0 Å². The van der Waals surface area contributed by atoms with E-state index in [-0.39, 0.29) is 17.9 Å². The molecule has 0 unspecified atom stereocenters. The summed E-state index contributed by atoms with van der Waals surface area (Å²) >= 11 is 0. The Morgan fingerprint density at radius 2 is 1.75 bits per heavy atom. The summed E-state index contributed by atoms with van der Waals surface area (Å²) in [5, 5.41) is 3.19. The summed E-state index contributed by atoms with van der Waals surface area (Å²) in [6.07, 6.45) is 5.22. The van der Waals surface area contributed by atoms with Gasteiger partial charge in [-0.05, 0) is 44.5 Å². The van der Waals surface area contributed by atoms with Crippen LogP contribution in [0, 0.1) is 5.92 Å². The Bertz CT molecular complexity index is 890. The molecule has 1 aromatic carbocycles. The predicted molar refractivity (Wildman–Crippen MR) is 126 cm³/mol. The lowest BCUT2D eigenvalue weighted by molar-refractivity contribution is -0.126. The number of hydrogen-bond acceptors (Lipinski definition) is 7. The lowest BCUT2D eigenvalue weighted by atomic mass is 9.95. The van der Waals surface area contributed by atoms with E-state index in [4.69, 9.17) is 4.74 Å². The number of ether oxygens (including phenoxy) is 1. The van der Waals surface area contributed by atoms with Crippen molar-refractivity contribution in [2.45, 2.75) is 25.8 Å². The van der Waals surface area contributed by atoms with Crippen molar-refractivity contribution in [3.63, 3.8) is 0 Å². The Balaban J connectivity index is 1.33. The third-order valence-corrected chi connectivity index (χ3v) is 6.66. The highest BCUT2D eigenvalue weighted by Gasteiger charge is 2.29. The molecule has 1 N–H and O–H groups in total. The van der Waals surface area contributed by atoms with Crippen LogP contribution < -0.4 is 19.9 Å². The van der Waals surface area contributed by atoms with Crippen LogP contribution in [0.3, 0.4) is 0 Å². The zero-order valence-electron chi connectivity index (χ0n) is 19.3. The van der Waals surface area contributed by atoms with E-state index in [1.165, 1.54) is 0 Å². The van der Waals surface area contributed by atoms with E-state index in [1.54, 1.807) is 13.4 Å². The summed E-state index contributed by atoms with van der Waals surface area (Å²) in [4.78, 5) is 28.8. The maximum atomic E-state index is 12.9. The molecule has 0 spiro atoms. The van der Waals surface area contributed by atoms with Gasteiger partial charge in [-0.25, -0.2) is 9.97 Å². The molecule has 2 aliphatic heterocycles. The molecule has 2 aliphatic rings. The largest absolute Gasteiger partial charge is 0.497 e. The number of amides is 1. The molecule has 172 valence electrons. The maximum Gasteiger partial charge on any atom is 0.223 e. The SMILES string of the molecule is COc1ccc([C@@H](C)NC(=O)C2CCN(c3cncnc3N3CCN(C)CC3)CC2)cc1. The van der Waals surface area contributed by atoms with Crippen LogP contribution in [0.15, 0.2) is 36.8 Å². The van der Waals surface area contributed by atoms with Gasteiger partial charge in [0.2, 0.25) is 5.91 Å². The highest BCUT2D eigenvalue weighted by atomic mass is 16.5. The lowest BCUT2D eigenvalue weighted by Gasteiger charge is -2.38. The average molecular weight is 439 g/mol. The molecule has 2 fully saturated rings. The van der Waals surface area contributed by atoms with Crippen molar-refractivity contribution >= 4 is 17.4 Å². The van der Waals surface area contributed by atoms with Gasteiger partial charge in [0.15, 0.2) is 5.82 Å². The van der Waals surface area contributed by atoms with Crippen LogP contribution in [-0.2, 0) is 4.79 Å². The first-order valence-corrected chi connectivity index (χ1v) is 11.5. The molecular weight excluding hydrogens is 404 g/mol. The third-order valence-electron chi connectivity index (χ3n) is 6.66.